The van der Waals surface area contributed by atoms with Crippen LogP contribution in [-0.4, -0.2) is 32.7 Å². The van der Waals surface area contributed by atoms with Crippen LogP contribution in [-0.2, 0) is 19.9 Å². The van der Waals surface area contributed by atoms with E-state index in [9.17, 15) is 16.8 Å². The third-order valence-electron chi connectivity index (χ3n) is 2.27. The molecule has 98 valence electrons. The zero-order valence-corrected chi connectivity index (χ0v) is 11.6. The molecule has 2 N–H and O–H groups in total. The summed E-state index contributed by atoms with van der Waals surface area (Å²) in [4.78, 5) is 0. The van der Waals surface area contributed by atoms with Gasteiger partial charge >= 0.3 is 0 Å². The van der Waals surface area contributed by atoms with E-state index < -0.39 is 31.4 Å². The molecule has 0 radical (unpaired) electrons. The number of nitrogens with two attached hydrogens (primary N) is 1. The predicted molar refractivity (Wildman–Crippen MR) is 69.6 cm³/mol. The van der Waals surface area contributed by atoms with Crippen LogP contribution in [0.15, 0.2) is 28.5 Å². The average Bonchev–Trinajstić information content (AvgIpc) is 2.70. The van der Waals surface area contributed by atoms with Gasteiger partial charge in [0.05, 0.1) is 17.0 Å². The normalized spacial score (nSPS) is 12.9. The van der Waals surface area contributed by atoms with Gasteiger partial charge in [-0.2, -0.15) is 4.37 Å². The molecule has 1 heterocycles. The molecule has 0 atom stereocenters. The van der Waals surface area contributed by atoms with Gasteiger partial charge < -0.3 is 0 Å². The quantitative estimate of drug-likeness (QED) is 0.877. The number of fused-ring (bicyclic) bond motifs is 1. The summed E-state index contributed by atoms with van der Waals surface area (Å²) in [6, 6.07) is 6.80. The highest BCUT2D eigenvalue weighted by Gasteiger charge is 2.22. The fourth-order valence-corrected chi connectivity index (χ4v) is 5.34. The highest BCUT2D eigenvalue weighted by molar-refractivity contribution is 7.95. The van der Waals surface area contributed by atoms with Gasteiger partial charge in [-0.15, -0.1) is 0 Å². The summed E-state index contributed by atoms with van der Waals surface area (Å²) < 4.78 is 49.7. The Morgan fingerprint density at radius 3 is 2.44 bits per heavy atom. The van der Waals surface area contributed by atoms with Gasteiger partial charge in [-0.3, -0.25) is 0 Å². The lowest BCUT2D eigenvalue weighted by Crippen LogP contribution is -2.23. The van der Waals surface area contributed by atoms with Crippen molar-refractivity contribution >= 4 is 42.3 Å². The van der Waals surface area contributed by atoms with Crippen LogP contribution in [0.3, 0.4) is 0 Å². The van der Waals surface area contributed by atoms with Crippen LogP contribution >= 0.6 is 11.5 Å². The van der Waals surface area contributed by atoms with Crippen molar-refractivity contribution in [2.24, 2.45) is 5.14 Å². The van der Waals surface area contributed by atoms with Gasteiger partial charge in [-0.05, 0) is 17.6 Å². The molecule has 0 aliphatic carbocycles. The molecular weight excluding hydrogens is 296 g/mol. The maximum atomic E-state index is 12.0. The van der Waals surface area contributed by atoms with E-state index in [2.05, 4.69) is 4.37 Å². The van der Waals surface area contributed by atoms with Gasteiger partial charge in [-0.1, -0.05) is 18.2 Å². The Kier molecular flexibility index (Phi) is 3.41. The third kappa shape index (κ3) is 2.86. The minimum absolute atomic E-state index is 0.0850. The van der Waals surface area contributed by atoms with Crippen molar-refractivity contribution in [3.8, 4) is 0 Å². The number of sulfone groups is 1. The largest absolute Gasteiger partial charge is 0.229 e. The number of primary sulfonamides is 1. The van der Waals surface area contributed by atoms with Gasteiger partial charge in [0, 0.05) is 5.39 Å². The number of rotatable bonds is 4. The van der Waals surface area contributed by atoms with E-state index in [0.717, 1.165) is 11.5 Å². The van der Waals surface area contributed by atoms with Gasteiger partial charge in [-0.25, -0.2) is 22.0 Å². The summed E-state index contributed by atoms with van der Waals surface area (Å²) in [7, 11) is -7.48. The maximum absolute atomic E-state index is 12.0. The fraction of sp³-hybridized carbons (Fsp3) is 0.222. The Labute approximate surface area is 109 Å². The minimum atomic E-state index is -3.80. The molecule has 6 nitrogen and oxygen atoms in total. The van der Waals surface area contributed by atoms with Crippen LogP contribution in [0, 0.1) is 0 Å². The Morgan fingerprint density at radius 2 is 1.78 bits per heavy atom. The Balaban J connectivity index is 2.41. The van der Waals surface area contributed by atoms with Gasteiger partial charge in [0.25, 0.3) is 0 Å². The second kappa shape index (κ2) is 4.57. The summed E-state index contributed by atoms with van der Waals surface area (Å²) in [5, 5.41) is 5.32. The summed E-state index contributed by atoms with van der Waals surface area (Å²) in [6.45, 7) is 0. The van der Waals surface area contributed by atoms with Crippen molar-refractivity contribution in [1.82, 2.24) is 4.37 Å². The van der Waals surface area contributed by atoms with E-state index >= 15 is 0 Å². The first-order valence-corrected chi connectivity index (χ1v) is 9.01. The van der Waals surface area contributed by atoms with Crippen LogP contribution in [0.1, 0.15) is 0 Å². The number of benzene rings is 1. The van der Waals surface area contributed by atoms with E-state index in [1.54, 1.807) is 24.3 Å². The molecular formula is C9H10N2O4S3. The molecule has 1 aromatic heterocycles. The number of hydrogen-bond acceptors (Lipinski definition) is 6. The van der Waals surface area contributed by atoms with E-state index in [1.807, 2.05) is 0 Å². The standard InChI is InChI=1S/C9H10N2O4S3/c10-18(14,15)6-5-17(12,13)9-7-3-1-2-4-8(7)11-16-9/h1-4H,5-6H2,(H2,10,14,15). The van der Waals surface area contributed by atoms with E-state index in [0.29, 0.717) is 10.9 Å². The molecule has 2 rings (SSSR count). The van der Waals surface area contributed by atoms with Crippen molar-refractivity contribution in [1.29, 1.82) is 0 Å². The summed E-state index contributed by atoms with van der Waals surface area (Å²) in [6.07, 6.45) is 0. The van der Waals surface area contributed by atoms with Gasteiger partial charge in [0.1, 0.15) is 4.21 Å². The lowest BCUT2D eigenvalue weighted by atomic mass is 10.3. The Bertz CT molecular complexity index is 777. The van der Waals surface area contributed by atoms with Crippen LogP contribution < -0.4 is 5.14 Å². The van der Waals surface area contributed by atoms with Crippen LogP contribution in [0.2, 0.25) is 0 Å². The highest BCUT2D eigenvalue weighted by Crippen LogP contribution is 2.27. The molecule has 0 fully saturated rings. The van der Waals surface area contributed by atoms with Crippen LogP contribution in [0.4, 0.5) is 0 Å². The molecule has 0 saturated carbocycles. The molecule has 0 saturated heterocycles. The number of aromatic nitrogens is 1. The molecule has 9 heteroatoms. The summed E-state index contributed by atoms with van der Waals surface area (Å²) >= 11 is 0.847. The van der Waals surface area contributed by atoms with Crippen molar-refractivity contribution in [2.45, 2.75) is 4.21 Å². The number of sulfonamides is 1. The van der Waals surface area contributed by atoms with Crippen LogP contribution in [0.5, 0.6) is 0 Å². The summed E-state index contributed by atoms with van der Waals surface area (Å²) in [5.41, 5.74) is 0.580. The highest BCUT2D eigenvalue weighted by atomic mass is 32.2. The molecule has 2 aromatic rings. The molecule has 1 aromatic carbocycles. The topological polar surface area (TPSA) is 107 Å². The van der Waals surface area contributed by atoms with Crippen molar-refractivity contribution in [3.63, 3.8) is 0 Å². The number of hydrogen-bond donors (Lipinski definition) is 1. The smallest absolute Gasteiger partial charge is 0.210 e. The predicted octanol–water partition coefficient (Wildman–Crippen LogP) is 0.358. The molecule has 0 aliphatic rings. The van der Waals surface area contributed by atoms with Crippen molar-refractivity contribution < 1.29 is 16.8 Å². The SMILES string of the molecule is NS(=O)(=O)CCS(=O)(=O)c1snc2ccccc12. The molecule has 0 unspecified atom stereocenters. The van der Waals surface area contributed by atoms with Crippen molar-refractivity contribution in [3.05, 3.63) is 24.3 Å². The zero-order valence-electron chi connectivity index (χ0n) is 9.11. The molecule has 0 aliphatic heterocycles. The van der Waals surface area contributed by atoms with Gasteiger partial charge in [0.2, 0.25) is 10.0 Å². The van der Waals surface area contributed by atoms with E-state index in [1.165, 1.54) is 0 Å². The third-order valence-corrected chi connectivity index (χ3v) is 6.49. The fourth-order valence-electron chi connectivity index (χ4n) is 1.41. The molecule has 0 bridgehead atoms. The lowest BCUT2D eigenvalue weighted by molar-refractivity contribution is 0.590. The second-order valence-corrected chi connectivity index (χ2v) is 8.48. The Hall–Kier alpha value is -1.03. The molecule has 0 amide bonds. The molecule has 18 heavy (non-hydrogen) atoms. The lowest BCUT2D eigenvalue weighted by Gasteiger charge is -2.00. The maximum Gasteiger partial charge on any atom is 0.210 e. The first kappa shape index (κ1) is 13.4. The van der Waals surface area contributed by atoms with Crippen LogP contribution in [0.25, 0.3) is 10.9 Å². The van der Waals surface area contributed by atoms with E-state index in [-0.39, 0.29) is 4.21 Å². The minimum Gasteiger partial charge on any atom is -0.229 e. The monoisotopic (exact) mass is 306 g/mol. The van der Waals surface area contributed by atoms with Gasteiger partial charge in [0.15, 0.2) is 9.84 Å². The first-order chi connectivity index (χ1) is 8.30. The number of nitrogens with zero attached hydrogens (tertiary/aromatic N) is 1. The van der Waals surface area contributed by atoms with E-state index in [4.69, 9.17) is 5.14 Å². The molecule has 0 spiro atoms. The second-order valence-electron chi connectivity index (χ2n) is 3.67. The summed E-state index contributed by atoms with van der Waals surface area (Å²) in [5.74, 6) is -1.13. The average molecular weight is 306 g/mol. The Morgan fingerprint density at radius 1 is 1.11 bits per heavy atom. The first-order valence-electron chi connectivity index (χ1n) is 4.87. The zero-order chi connectivity index (χ0) is 13.4. The van der Waals surface area contributed by atoms with Crippen molar-refractivity contribution in [2.75, 3.05) is 11.5 Å².